The average molecular weight is 1920 g/mol. The first-order valence-corrected chi connectivity index (χ1v) is 54.1. The minimum atomic E-state index is -0.116. The van der Waals surface area contributed by atoms with Gasteiger partial charge in [0.25, 0.3) is 0 Å². The van der Waals surface area contributed by atoms with Gasteiger partial charge in [0.15, 0.2) is 0 Å². The molecule has 6 saturated carbocycles. The minimum absolute atomic E-state index is 0. The molecule has 1 aromatic carbocycles. The molecule has 7 rings (SSSR count). The zero-order chi connectivity index (χ0) is 105. The number of hydrogen-bond acceptors (Lipinski definition) is 3. The molecule has 0 saturated heterocycles. The lowest BCUT2D eigenvalue weighted by Crippen LogP contribution is -2.32. The van der Waals surface area contributed by atoms with E-state index in [-0.39, 0.29) is 60.8 Å². The van der Waals surface area contributed by atoms with Crippen LogP contribution < -0.4 is 0 Å². The Hall–Kier alpha value is -1.77. The van der Waals surface area contributed by atoms with E-state index in [1.54, 1.807) is 0 Å². The molecule has 0 bridgehead atoms. The lowest BCUT2D eigenvalue weighted by atomic mass is 9.69. The molecule has 135 heavy (non-hydrogen) atoms. The van der Waals surface area contributed by atoms with Crippen molar-refractivity contribution in [2.75, 3.05) is 0 Å². The molecule has 1 atom stereocenters. The molecule has 0 N–H and O–H groups in total. The van der Waals surface area contributed by atoms with E-state index in [1.165, 1.54) is 134 Å². The van der Waals surface area contributed by atoms with Crippen LogP contribution in [0.4, 0.5) is 0 Å². The Morgan fingerprint density at radius 1 is 0.304 bits per heavy atom. The third kappa shape index (κ3) is 148. The summed E-state index contributed by atoms with van der Waals surface area (Å²) in [5, 5.41) is 0. The normalized spacial score (nSPS) is 15.5. The summed E-state index contributed by atoms with van der Waals surface area (Å²) in [6.45, 7) is 141. The van der Waals surface area contributed by atoms with Crippen LogP contribution >= 0.6 is 0 Å². The Labute approximate surface area is 867 Å². The molecule has 0 amide bonds. The summed E-state index contributed by atoms with van der Waals surface area (Å²) < 4.78 is 0. The summed E-state index contributed by atoms with van der Waals surface area (Å²) >= 11 is 0. The Morgan fingerprint density at radius 2 is 0.578 bits per heavy atom. The third-order valence-electron chi connectivity index (χ3n) is 22.7. The highest BCUT2D eigenvalue weighted by atomic mass is 16.1. The number of hydrogen-bond donors (Lipinski definition) is 0. The van der Waals surface area contributed by atoms with Crippen molar-refractivity contribution in [1.82, 2.24) is 0 Å². The van der Waals surface area contributed by atoms with E-state index in [4.69, 9.17) is 0 Å². The first-order valence-electron chi connectivity index (χ1n) is 54.1. The van der Waals surface area contributed by atoms with Gasteiger partial charge >= 0.3 is 0 Å². The zero-order valence-corrected chi connectivity index (χ0v) is 102. The van der Waals surface area contributed by atoms with Crippen LogP contribution in [0.2, 0.25) is 0 Å². The van der Waals surface area contributed by atoms with Crippen molar-refractivity contribution in [3.8, 4) is 0 Å². The number of carbonyl (C=O) groups excluding carboxylic acids is 3. The molecule has 0 heterocycles. The third-order valence-corrected chi connectivity index (χ3v) is 22.7. The molecule has 828 valence electrons. The van der Waals surface area contributed by atoms with Gasteiger partial charge in [-0.05, 0) is 232 Å². The Kier molecular flexibility index (Phi) is 92.6. The summed E-state index contributed by atoms with van der Waals surface area (Å²) in [6, 6.07) is 10.6. The van der Waals surface area contributed by atoms with Crippen molar-refractivity contribution >= 4 is 17.3 Å². The Morgan fingerprint density at radius 3 is 0.667 bits per heavy atom. The van der Waals surface area contributed by atoms with Gasteiger partial charge in [-0.15, -0.1) is 0 Å². The highest BCUT2D eigenvalue weighted by Crippen LogP contribution is 2.45. The van der Waals surface area contributed by atoms with Crippen molar-refractivity contribution in [3.63, 3.8) is 0 Å². The number of rotatable bonds is 11. The van der Waals surface area contributed by atoms with E-state index >= 15 is 0 Å². The summed E-state index contributed by atoms with van der Waals surface area (Å²) in [5.74, 6) is 9.15. The fourth-order valence-electron chi connectivity index (χ4n) is 14.1. The van der Waals surface area contributed by atoms with E-state index in [0.29, 0.717) is 111 Å². The summed E-state index contributed by atoms with van der Waals surface area (Å²) in [7, 11) is 0. The molecule has 3 heteroatoms. The van der Waals surface area contributed by atoms with Crippen LogP contribution in [0.25, 0.3) is 0 Å². The van der Waals surface area contributed by atoms with E-state index in [0.717, 1.165) is 86.4 Å². The molecule has 6 aliphatic carbocycles. The van der Waals surface area contributed by atoms with Crippen molar-refractivity contribution in [3.05, 3.63) is 35.9 Å². The second kappa shape index (κ2) is 75.0. The smallest absolute Gasteiger partial charge is 0.141 e. The van der Waals surface area contributed by atoms with E-state index in [9.17, 15) is 14.4 Å². The zero-order valence-electron chi connectivity index (χ0n) is 102. The molecule has 3 nitrogen and oxygen atoms in total. The molecule has 0 radical (unpaired) electrons. The maximum absolute atomic E-state index is 11.7. The molecular formula is C132H282O3. The molecular weight excluding hydrogens is 1630 g/mol. The standard InChI is InChI=1S/C11H16.C10H18O.C9H16O.3C9H20.C8H14O.2C8H16.C8H18.C7H14.2C7H16.C6H14.2C5H12.6CH4/c1-11(2,3)9-10-7-5-4-6-8-10;1-10(2,3)9(11)8-6-4-5-7-8;1-9(2,3)8(10)7-5-4-6-7;1-8(2,3)7-9(4,5)6;1-8(2)6-7-9(3,4)5;1-6-8(2)7-9(3,4)5;1-8(2,3)7(9)6-4-5-6;1-8(2,3)6-7-4-5-7;1-8(2,3)7-5-4-6-7;1-7(2)6-8(3,4)5;1-7(2,3)6-4-5-6;1-6(2)7(3,4)5;1-5-6-7(2,3)4;1-5-6(2,3)4;2*1-5(2,3)4;;;;;;/h4-8H,9H2,1-3H3;8H,4-7H2,1-3H3;7H,4-6H2,1-3H3;7H2,1-6H3;2*8H,6-7H2,1-5H3;6H,4-5H2,1-3H3;2*7H,4-6H2,1-3H3;7H,6H2,1-5H3;6H,4-5H2,1-3H3;6H,1-5H3;5-6H2,1-4H3;5H2,1-4H3;2*1-4H3;6*1H4. The summed E-state index contributed by atoms with van der Waals surface area (Å²) in [5.41, 5.74) is 8.45. The Bertz CT molecular complexity index is 2700. The minimum Gasteiger partial charge on any atom is -0.299 e. The van der Waals surface area contributed by atoms with Gasteiger partial charge in [0.2, 0.25) is 0 Å². The van der Waals surface area contributed by atoms with Crippen LogP contribution in [0.5, 0.6) is 0 Å². The van der Waals surface area contributed by atoms with E-state index in [1.807, 2.05) is 62.3 Å². The first-order chi connectivity index (χ1) is 56.5. The molecule has 6 aliphatic rings. The highest BCUT2D eigenvalue weighted by Gasteiger charge is 2.38. The highest BCUT2D eigenvalue weighted by molar-refractivity contribution is 5.88. The topological polar surface area (TPSA) is 51.2 Å². The lowest BCUT2D eigenvalue weighted by Gasteiger charge is -2.37. The molecule has 1 aromatic rings. The van der Waals surface area contributed by atoms with Gasteiger partial charge in [-0.3, -0.25) is 14.4 Å². The fourth-order valence-corrected chi connectivity index (χ4v) is 14.1. The Balaban J connectivity index is -0.0000000876. The van der Waals surface area contributed by atoms with Crippen molar-refractivity contribution in [1.29, 1.82) is 0 Å². The van der Waals surface area contributed by atoms with Gasteiger partial charge in [0.05, 0.1) is 0 Å². The maximum Gasteiger partial charge on any atom is 0.141 e. The SMILES string of the molecule is C.C.C.C.C.C.CC(C)(C)C.CC(C)(C)C.CC(C)(C)C(=O)C1CC1.CC(C)(C)C(=O)C1CCC1.CC(C)(C)C(=O)C1CCCC1.CC(C)(C)C1CC1.CC(C)(C)C1CCC1.CC(C)(C)CC(C)(C)C.CC(C)(C)CC1CC1.CC(C)(C)Cc1ccccc1.CC(C)C(C)(C)C.CC(C)CC(C)(C)C.CC(C)CCC(C)(C)C.CCC(C)(C)C.CCC(C)CC(C)(C)C.CCCC(C)(C)C. The van der Waals surface area contributed by atoms with Gasteiger partial charge in [-0.25, -0.2) is 0 Å². The average Bonchev–Trinajstić information content (AvgIpc) is 1.82. The van der Waals surface area contributed by atoms with Gasteiger partial charge in [0.1, 0.15) is 17.3 Å². The predicted octanol–water partition coefficient (Wildman–Crippen LogP) is 48.0. The molecule has 0 aliphatic heterocycles. The maximum atomic E-state index is 11.7. The monoisotopic (exact) mass is 1920 g/mol. The molecule has 0 aromatic heterocycles. The largest absolute Gasteiger partial charge is 0.299 e. The number of Topliss-reactive ketones (excluding diaryl/α,β-unsaturated/α-hetero) is 3. The summed E-state index contributed by atoms with van der Waals surface area (Å²) in [6.07, 6.45) is 35.5. The van der Waals surface area contributed by atoms with Crippen LogP contribution in [0.1, 0.15) is 653 Å². The number of ketones is 3. The van der Waals surface area contributed by atoms with E-state index < -0.39 is 0 Å². The van der Waals surface area contributed by atoms with Crippen LogP contribution in [-0.2, 0) is 20.8 Å². The van der Waals surface area contributed by atoms with Gasteiger partial charge in [-0.1, -0.05) is 575 Å². The van der Waals surface area contributed by atoms with Gasteiger partial charge < -0.3 is 0 Å². The quantitative estimate of drug-likeness (QED) is 0.222. The van der Waals surface area contributed by atoms with Crippen LogP contribution in [0.15, 0.2) is 30.3 Å². The van der Waals surface area contributed by atoms with Crippen molar-refractivity contribution in [2.45, 2.75) is 654 Å². The van der Waals surface area contributed by atoms with Gasteiger partial charge in [0, 0.05) is 34.0 Å². The lowest BCUT2D eigenvalue weighted by molar-refractivity contribution is -0.133. The van der Waals surface area contributed by atoms with Gasteiger partial charge in [-0.2, -0.15) is 0 Å². The number of benzene rings is 1. The van der Waals surface area contributed by atoms with Crippen LogP contribution in [0.3, 0.4) is 0 Å². The molecule has 6 fully saturated rings. The predicted molar refractivity (Wildman–Crippen MR) is 639 cm³/mol. The van der Waals surface area contributed by atoms with E-state index in [2.05, 4.69) is 404 Å². The first kappa shape index (κ1) is 167. The molecule has 0 spiro atoms. The second-order valence-electron chi connectivity index (χ2n) is 62.8. The summed E-state index contributed by atoms with van der Waals surface area (Å²) in [4.78, 5) is 34.3. The van der Waals surface area contributed by atoms with Crippen LogP contribution in [0, 0.1) is 151 Å². The fraction of sp³-hybridized carbons (Fsp3) is 0.932. The van der Waals surface area contributed by atoms with Crippen LogP contribution in [-0.4, -0.2) is 17.3 Å². The molecule has 1 unspecified atom stereocenters. The van der Waals surface area contributed by atoms with Crippen molar-refractivity contribution < 1.29 is 14.4 Å². The number of carbonyl (C=O) groups is 3. The second-order valence-corrected chi connectivity index (χ2v) is 62.8. The van der Waals surface area contributed by atoms with Crippen molar-refractivity contribution in [2.24, 2.45) is 151 Å².